The molecule has 19 heavy (non-hydrogen) atoms. The average Bonchev–Trinajstić information content (AvgIpc) is 2.08. The SMILES string of the molecule is FC(F)(F)C=CC(F)(C(F)(F)F)C(F)(F)C(F)(F)F. The van der Waals surface area contributed by atoms with Crippen molar-refractivity contribution < 1.29 is 52.7 Å². The number of hydrogen-bond acceptors (Lipinski definition) is 0. The molecule has 114 valence electrons. The first kappa shape index (κ1) is 17.9. The maximum atomic E-state index is 12.9. The summed E-state index contributed by atoms with van der Waals surface area (Å²) in [7, 11) is 0. The molecule has 0 aliphatic heterocycles. The van der Waals surface area contributed by atoms with Gasteiger partial charge >= 0.3 is 24.5 Å². The smallest absolute Gasteiger partial charge is 0.222 e. The Bertz CT molecular complexity index is 341. The molecule has 0 aromatic heterocycles. The molecule has 0 rings (SSSR count). The van der Waals surface area contributed by atoms with Gasteiger partial charge in [-0.25, -0.2) is 4.39 Å². The maximum absolute atomic E-state index is 12.9. The third-order valence-electron chi connectivity index (χ3n) is 1.73. The molecular weight excluding hydrogens is 312 g/mol. The third kappa shape index (κ3) is 3.47. The molecule has 0 aliphatic carbocycles. The fourth-order valence-corrected chi connectivity index (χ4v) is 0.793. The lowest BCUT2D eigenvalue weighted by molar-refractivity contribution is -0.369. The Kier molecular flexibility index (Phi) is 4.22. The van der Waals surface area contributed by atoms with E-state index in [2.05, 4.69) is 0 Å². The molecule has 12 heteroatoms. The summed E-state index contributed by atoms with van der Waals surface area (Å²) in [4.78, 5) is 0. The number of rotatable bonds is 2. The van der Waals surface area contributed by atoms with Gasteiger partial charge in [-0.2, -0.15) is 48.3 Å². The molecule has 0 spiro atoms. The van der Waals surface area contributed by atoms with E-state index >= 15 is 0 Å². The van der Waals surface area contributed by atoms with E-state index in [-0.39, 0.29) is 0 Å². The molecule has 0 amide bonds. The zero-order chi connectivity index (χ0) is 15.9. The van der Waals surface area contributed by atoms with Crippen LogP contribution in [0.2, 0.25) is 0 Å². The first-order valence-electron chi connectivity index (χ1n) is 3.93. The summed E-state index contributed by atoms with van der Waals surface area (Å²) in [5, 5.41) is 0. The van der Waals surface area contributed by atoms with Crippen LogP contribution in [0.25, 0.3) is 0 Å². The molecule has 0 bridgehead atoms. The van der Waals surface area contributed by atoms with Crippen molar-refractivity contribution in [3.63, 3.8) is 0 Å². The molecule has 0 heterocycles. The molecule has 1 atom stereocenters. The Labute approximate surface area is 96.2 Å². The van der Waals surface area contributed by atoms with E-state index in [1.54, 1.807) is 0 Å². The fourth-order valence-electron chi connectivity index (χ4n) is 0.793. The summed E-state index contributed by atoms with van der Waals surface area (Å²) in [5.74, 6) is -7.08. The van der Waals surface area contributed by atoms with Crippen molar-refractivity contribution in [1.82, 2.24) is 0 Å². The van der Waals surface area contributed by atoms with Crippen LogP contribution < -0.4 is 0 Å². The third-order valence-corrected chi connectivity index (χ3v) is 1.73. The van der Waals surface area contributed by atoms with E-state index in [1.807, 2.05) is 0 Å². The minimum absolute atomic E-state index is 1.68. The van der Waals surface area contributed by atoms with Crippen molar-refractivity contribution >= 4 is 0 Å². The van der Waals surface area contributed by atoms with Crippen LogP contribution in [0.4, 0.5) is 52.7 Å². The minimum atomic E-state index is -7.08. The lowest BCUT2D eigenvalue weighted by Gasteiger charge is -2.33. The molecular formula is C7H2F12. The first-order chi connectivity index (χ1) is 7.96. The summed E-state index contributed by atoms with van der Waals surface area (Å²) in [6.45, 7) is 0. The highest BCUT2D eigenvalue weighted by Crippen LogP contribution is 2.53. The highest BCUT2D eigenvalue weighted by Gasteiger charge is 2.80. The van der Waals surface area contributed by atoms with E-state index in [0.717, 1.165) is 0 Å². The molecule has 0 saturated carbocycles. The Morgan fingerprint density at radius 3 is 1.05 bits per heavy atom. The van der Waals surface area contributed by atoms with Gasteiger partial charge in [-0.3, -0.25) is 0 Å². The van der Waals surface area contributed by atoms with Gasteiger partial charge in [-0.1, -0.05) is 0 Å². The van der Waals surface area contributed by atoms with Crippen molar-refractivity contribution in [2.24, 2.45) is 0 Å². The van der Waals surface area contributed by atoms with Crippen LogP contribution in [0.5, 0.6) is 0 Å². The van der Waals surface area contributed by atoms with Crippen LogP contribution in [0.1, 0.15) is 0 Å². The summed E-state index contributed by atoms with van der Waals surface area (Å²) in [6.07, 6.45) is -23.2. The summed E-state index contributed by atoms with van der Waals surface area (Å²) in [5.41, 5.74) is -6.53. The zero-order valence-corrected chi connectivity index (χ0v) is 8.19. The molecule has 0 fully saturated rings. The summed E-state index contributed by atoms with van der Waals surface area (Å²) in [6, 6.07) is 0. The van der Waals surface area contributed by atoms with Gasteiger partial charge in [-0.05, 0) is 6.08 Å². The van der Waals surface area contributed by atoms with Crippen LogP contribution in [-0.2, 0) is 0 Å². The molecule has 0 saturated heterocycles. The van der Waals surface area contributed by atoms with Crippen molar-refractivity contribution in [3.8, 4) is 0 Å². The van der Waals surface area contributed by atoms with Crippen LogP contribution in [0, 0.1) is 0 Å². The predicted molar refractivity (Wildman–Crippen MR) is 36.1 cm³/mol. The monoisotopic (exact) mass is 314 g/mol. The number of alkyl halides is 12. The molecule has 1 unspecified atom stereocenters. The van der Waals surface area contributed by atoms with Crippen LogP contribution >= 0.6 is 0 Å². The fraction of sp³-hybridized carbons (Fsp3) is 0.714. The van der Waals surface area contributed by atoms with Gasteiger partial charge in [0.1, 0.15) is 0 Å². The lowest BCUT2D eigenvalue weighted by Crippen LogP contribution is -2.61. The normalized spacial score (nSPS) is 18.7. The van der Waals surface area contributed by atoms with E-state index in [9.17, 15) is 52.7 Å². The topological polar surface area (TPSA) is 0 Å². The number of halogens is 12. The number of hydrogen-bond donors (Lipinski definition) is 0. The molecule has 0 aliphatic rings. The van der Waals surface area contributed by atoms with Gasteiger partial charge in [-0.15, -0.1) is 0 Å². The molecule has 0 nitrogen and oxygen atoms in total. The summed E-state index contributed by atoms with van der Waals surface area (Å²) >= 11 is 0. The maximum Gasteiger partial charge on any atom is 0.457 e. The molecule has 0 aromatic rings. The van der Waals surface area contributed by atoms with Gasteiger partial charge in [0.15, 0.2) is 0 Å². The van der Waals surface area contributed by atoms with Gasteiger partial charge in [0.2, 0.25) is 0 Å². The second-order valence-electron chi connectivity index (χ2n) is 3.16. The van der Waals surface area contributed by atoms with Crippen molar-refractivity contribution in [3.05, 3.63) is 12.2 Å². The highest BCUT2D eigenvalue weighted by molar-refractivity contribution is 5.17. The van der Waals surface area contributed by atoms with Gasteiger partial charge < -0.3 is 0 Å². The quantitative estimate of drug-likeness (QED) is 0.517. The second kappa shape index (κ2) is 4.47. The van der Waals surface area contributed by atoms with E-state index < -0.39 is 42.3 Å². The van der Waals surface area contributed by atoms with Crippen LogP contribution in [0.15, 0.2) is 12.2 Å². The largest absolute Gasteiger partial charge is 0.457 e. The Balaban J connectivity index is 5.92. The van der Waals surface area contributed by atoms with Gasteiger partial charge in [0, 0.05) is 6.08 Å². The zero-order valence-electron chi connectivity index (χ0n) is 8.19. The standard InChI is InChI=1S/C7H2F12/c8-3(6(14,15)16,1-2-4(9,10)11)5(12,13)7(17,18)19/h1-2H. The molecule has 0 radical (unpaired) electrons. The average molecular weight is 314 g/mol. The van der Waals surface area contributed by atoms with Gasteiger partial charge in [0.05, 0.1) is 0 Å². The summed E-state index contributed by atoms with van der Waals surface area (Å²) < 4.78 is 143. The van der Waals surface area contributed by atoms with Crippen molar-refractivity contribution in [2.75, 3.05) is 0 Å². The number of allylic oxidation sites excluding steroid dienone is 2. The predicted octanol–water partition coefficient (Wildman–Crippen LogP) is 4.57. The van der Waals surface area contributed by atoms with Gasteiger partial charge in [0.25, 0.3) is 5.67 Å². The van der Waals surface area contributed by atoms with E-state index in [1.165, 1.54) is 0 Å². The lowest BCUT2D eigenvalue weighted by atomic mass is 9.95. The van der Waals surface area contributed by atoms with E-state index in [0.29, 0.717) is 0 Å². The van der Waals surface area contributed by atoms with Crippen molar-refractivity contribution in [1.29, 1.82) is 0 Å². The Morgan fingerprint density at radius 2 is 0.842 bits per heavy atom. The Hall–Kier alpha value is -1.10. The van der Waals surface area contributed by atoms with E-state index in [4.69, 9.17) is 0 Å². The second-order valence-corrected chi connectivity index (χ2v) is 3.16. The first-order valence-corrected chi connectivity index (χ1v) is 3.93. The van der Waals surface area contributed by atoms with Crippen molar-refractivity contribution in [2.45, 2.75) is 30.1 Å². The minimum Gasteiger partial charge on any atom is -0.222 e. The highest BCUT2D eigenvalue weighted by atomic mass is 19.4. The Morgan fingerprint density at radius 1 is 0.474 bits per heavy atom. The molecule has 0 N–H and O–H groups in total. The van der Waals surface area contributed by atoms with Crippen LogP contribution in [-0.4, -0.2) is 30.1 Å². The molecule has 0 aromatic carbocycles. The van der Waals surface area contributed by atoms with Crippen LogP contribution in [0.3, 0.4) is 0 Å².